The van der Waals surface area contributed by atoms with E-state index in [4.69, 9.17) is 9.47 Å². The molecule has 1 aromatic heterocycles. The van der Waals surface area contributed by atoms with E-state index < -0.39 is 0 Å². The molecule has 41 heavy (non-hydrogen) atoms. The number of unbranched alkanes of at least 4 members (excludes halogenated alkanes) is 11. The number of rotatable bonds is 20. The Morgan fingerprint density at radius 2 is 1.59 bits per heavy atom. The van der Waals surface area contributed by atoms with E-state index in [1.54, 1.807) is 18.4 Å². The number of carbonyl (C=O) groups excluding carboxylic acids is 1. The molecule has 0 aliphatic carbocycles. The number of thiazole rings is 1. The molecule has 1 N–H and O–H groups in total. The first kappa shape index (κ1) is 34.8. The molecule has 7 heteroatoms. The fourth-order valence-corrected chi connectivity index (χ4v) is 5.57. The summed E-state index contributed by atoms with van der Waals surface area (Å²) in [7, 11) is 1.65. The summed E-state index contributed by atoms with van der Waals surface area (Å²) in [5.41, 5.74) is 4.94. The number of aryl methyl sites for hydroxylation is 1. The molecule has 0 bridgehead atoms. The fraction of sp³-hybridized carbons (Fsp3) is 0.529. The van der Waals surface area contributed by atoms with Crippen molar-refractivity contribution in [3.8, 4) is 11.5 Å². The summed E-state index contributed by atoms with van der Waals surface area (Å²) < 4.78 is 13.7. The van der Waals surface area contributed by atoms with Crippen LogP contribution in [-0.4, -0.2) is 19.6 Å². The molecule has 0 fully saturated rings. The highest BCUT2D eigenvalue weighted by atomic mass is 79.9. The lowest BCUT2D eigenvalue weighted by molar-refractivity contribution is -0.683. The van der Waals surface area contributed by atoms with Crippen LogP contribution in [0.15, 0.2) is 54.2 Å². The average molecular weight is 646 g/mol. The van der Waals surface area contributed by atoms with Gasteiger partial charge in [0.25, 0.3) is 0 Å². The van der Waals surface area contributed by atoms with E-state index >= 15 is 0 Å². The summed E-state index contributed by atoms with van der Waals surface area (Å²) in [5, 5.41) is 3.06. The Bertz CT molecular complexity index is 1150. The predicted molar refractivity (Wildman–Crippen MR) is 167 cm³/mol. The van der Waals surface area contributed by atoms with Crippen molar-refractivity contribution in [1.29, 1.82) is 0 Å². The van der Waals surface area contributed by atoms with Gasteiger partial charge in [0.05, 0.1) is 25.0 Å². The van der Waals surface area contributed by atoms with Crippen LogP contribution < -0.4 is 36.3 Å². The number of hydrogen-bond acceptors (Lipinski definition) is 4. The Kier molecular flexibility index (Phi) is 17.4. The molecule has 0 saturated heterocycles. The van der Waals surface area contributed by atoms with Gasteiger partial charge in [0, 0.05) is 22.9 Å². The molecule has 3 aromatic rings. The van der Waals surface area contributed by atoms with Gasteiger partial charge >= 0.3 is 0 Å². The lowest BCUT2D eigenvalue weighted by Gasteiger charge is -2.13. The molecule has 0 saturated carbocycles. The third-order valence-electron chi connectivity index (χ3n) is 7.18. The molecular formula is C34H49BrN2O3S. The molecule has 0 unspecified atom stereocenters. The zero-order chi connectivity index (χ0) is 28.4. The van der Waals surface area contributed by atoms with Crippen molar-refractivity contribution in [3.63, 3.8) is 0 Å². The molecule has 3 rings (SSSR count). The number of halogens is 1. The molecule has 0 atom stereocenters. The van der Waals surface area contributed by atoms with Crippen LogP contribution >= 0.6 is 11.3 Å². The number of hydrogen-bond donors (Lipinski definition) is 1. The van der Waals surface area contributed by atoms with Crippen LogP contribution in [0.3, 0.4) is 0 Å². The van der Waals surface area contributed by atoms with Crippen LogP contribution in [0, 0.1) is 6.92 Å². The van der Waals surface area contributed by atoms with Crippen molar-refractivity contribution >= 4 is 22.9 Å². The highest BCUT2D eigenvalue weighted by Gasteiger charge is 2.12. The van der Waals surface area contributed by atoms with E-state index in [1.165, 1.54) is 75.5 Å². The largest absolute Gasteiger partial charge is 1.00 e. The maximum atomic E-state index is 12.9. The number of benzene rings is 2. The van der Waals surface area contributed by atoms with Gasteiger partial charge in [0.2, 0.25) is 11.4 Å². The lowest BCUT2D eigenvalue weighted by Crippen LogP contribution is -3.00. The lowest BCUT2D eigenvalue weighted by atomic mass is 10.1. The number of nitrogens with zero attached hydrogens (tertiary/aromatic N) is 1. The summed E-state index contributed by atoms with van der Waals surface area (Å²) >= 11 is 1.73. The zero-order valence-electron chi connectivity index (χ0n) is 25.3. The third-order valence-corrected chi connectivity index (χ3v) is 8.03. The molecule has 1 amide bonds. The Morgan fingerprint density at radius 3 is 2.22 bits per heavy atom. The van der Waals surface area contributed by atoms with E-state index in [0.29, 0.717) is 6.61 Å². The second-order valence-electron chi connectivity index (χ2n) is 10.8. The fourth-order valence-electron chi connectivity index (χ4n) is 4.93. The minimum absolute atomic E-state index is 0. The van der Waals surface area contributed by atoms with Gasteiger partial charge in [-0.15, -0.1) is 0 Å². The van der Waals surface area contributed by atoms with Gasteiger partial charge in [-0.25, -0.2) is 0 Å². The van der Waals surface area contributed by atoms with Crippen LogP contribution in [0.2, 0.25) is 0 Å². The second kappa shape index (κ2) is 20.5. The highest BCUT2D eigenvalue weighted by Crippen LogP contribution is 2.26. The van der Waals surface area contributed by atoms with Gasteiger partial charge in [-0.2, -0.15) is 4.57 Å². The summed E-state index contributed by atoms with van der Waals surface area (Å²) in [6.07, 6.45) is 18.2. The van der Waals surface area contributed by atoms with E-state index in [-0.39, 0.29) is 29.3 Å². The molecule has 0 radical (unpaired) electrons. The first-order valence-electron chi connectivity index (χ1n) is 15.2. The molecule has 226 valence electrons. The molecule has 0 aliphatic rings. The number of aromatic nitrogens is 1. The van der Waals surface area contributed by atoms with Crippen molar-refractivity contribution in [3.05, 3.63) is 70.2 Å². The second-order valence-corrected chi connectivity index (χ2v) is 11.9. The van der Waals surface area contributed by atoms with Crippen molar-refractivity contribution < 1.29 is 35.8 Å². The van der Waals surface area contributed by atoms with Gasteiger partial charge in [-0.05, 0) is 31.5 Å². The summed E-state index contributed by atoms with van der Waals surface area (Å²) in [4.78, 5) is 14.2. The van der Waals surface area contributed by atoms with Gasteiger partial charge in [0.15, 0.2) is 12.7 Å². The van der Waals surface area contributed by atoms with Gasteiger partial charge in [0.1, 0.15) is 11.5 Å². The number of amides is 1. The van der Waals surface area contributed by atoms with Crippen LogP contribution in [0.4, 0.5) is 5.69 Å². The molecule has 0 aliphatic heterocycles. The molecule has 5 nitrogen and oxygen atoms in total. The van der Waals surface area contributed by atoms with Crippen LogP contribution in [-0.2, 0) is 17.8 Å². The standard InChI is InChI=1S/C34H48N2O3S.BrH/c1-4-5-6-7-8-9-10-11-12-13-14-15-21-39-33-24-32(38-3)20-19-30(33)23-34(37)35-31-18-16-17-29(22-31)26-36-25-28(2)40-27-36;/h16-20,22,24-25,27H,4-15,21,23,26H2,1-3H3;1H. The van der Waals surface area contributed by atoms with E-state index in [0.717, 1.165) is 41.3 Å². The topological polar surface area (TPSA) is 51.4 Å². The first-order chi connectivity index (χ1) is 19.6. The quantitative estimate of drug-likeness (QED) is 0.127. The van der Waals surface area contributed by atoms with Gasteiger partial charge in [-0.3, -0.25) is 4.79 Å². The van der Waals surface area contributed by atoms with Crippen molar-refractivity contribution in [1.82, 2.24) is 0 Å². The molecule has 0 spiro atoms. The summed E-state index contributed by atoms with van der Waals surface area (Å²) in [5.74, 6) is 1.41. The van der Waals surface area contributed by atoms with Crippen LogP contribution in [0.25, 0.3) is 0 Å². The Balaban J connectivity index is 0.00000588. The Hall–Kier alpha value is -2.38. The van der Waals surface area contributed by atoms with Crippen molar-refractivity contribution in [2.24, 2.45) is 0 Å². The van der Waals surface area contributed by atoms with Crippen molar-refractivity contribution in [2.75, 3.05) is 19.0 Å². The monoisotopic (exact) mass is 644 g/mol. The minimum Gasteiger partial charge on any atom is -1.00 e. The highest BCUT2D eigenvalue weighted by molar-refractivity contribution is 7.09. The zero-order valence-corrected chi connectivity index (χ0v) is 27.7. The van der Waals surface area contributed by atoms with Crippen LogP contribution in [0.1, 0.15) is 100.0 Å². The molecule has 1 heterocycles. The number of ether oxygens (including phenoxy) is 2. The maximum Gasteiger partial charge on any atom is 0.228 e. The number of anilines is 1. The number of carbonyl (C=O) groups is 1. The van der Waals surface area contributed by atoms with Gasteiger partial charge < -0.3 is 31.8 Å². The van der Waals surface area contributed by atoms with E-state index in [9.17, 15) is 4.79 Å². The Labute approximate surface area is 262 Å². The van der Waals surface area contributed by atoms with E-state index in [1.807, 2.05) is 36.4 Å². The summed E-state index contributed by atoms with van der Waals surface area (Å²) in [6, 6.07) is 13.8. The average Bonchev–Trinajstić information content (AvgIpc) is 3.36. The molecule has 2 aromatic carbocycles. The SMILES string of the molecule is CCCCCCCCCCCCCCOc1cc(OC)ccc1CC(=O)Nc1cccc(C[n+]2csc(C)c2)c1.[Br-]. The number of methoxy groups -OCH3 is 1. The van der Waals surface area contributed by atoms with Crippen molar-refractivity contribution in [2.45, 2.75) is 104 Å². The smallest absolute Gasteiger partial charge is 0.228 e. The molecular weight excluding hydrogens is 596 g/mol. The summed E-state index contributed by atoms with van der Waals surface area (Å²) in [6.45, 7) is 5.81. The first-order valence-corrected chi connectivity index (χ1v) is 16.1. The number of nitrogens with one attached hydrogen (secondary N) is 1. The minimum atomic E-state index is -0.0587. The van der Waals surface area contributed by atoms with Gasteiger partial charge in [-0.1, -0.05) is 107 Å². The Morgan fingerprint density at radius 1 is 0.902 bits per heavy atom. The normalized spacial score (nSPS) is 10.7. The van der Waals surface area contributed by atoms with E-state index in [2.05, 4.69) is 41.5 Å². The van der Waals surface area contributed by atoms with Crippen LogP contribution in [0.5, 0.6) is 11.5 Å². The third kappa shape index (κ3) is 13.9. The maximum absolute atomic E-state index is 12.9. The predicted octanol–water partition coefficient (Wildman–Crippen LogP) is 5.67.